The van der Waals surface area contributed by atoms with Gasteiger partial charge in [-0.1, -0.05) is 28.1 Å². The van der Waals surface area contributed by atoms with Gasteiger partial charge >= 0.3 is 6.03 Å². The predicted octanol–water partition coefficient (Wildman–Crippen LogP) is 2.04. The van der Waals surface area contributed by atoms with Crippen molar-refractivity contribution in [1.82, 2.24) is 15.5 Å². The van der Waals surface area contributed by atoms with E-state index < -0.39 is 6.04 Å². The Hall–Kier alpha value is -1.56. The number of rotatable bonds is 3. The van der Waals surface area contributed by atoms with E-state index in [0.717, 1.165) is 10.0 Å². The number of benzene rings is 1. The van der Waals surface area contributed by atoms with Crippen molar-refractivity contribution in [3.63, 3.8) is 0 Å². The minimum Gasteiger partial charge on any atom is -0.344 e. The molecule has 0 bridgehead atoms. The van der Waals surface area contributed by atoms with Gasteiger partial charge in [0, 0.05) is 18.1 Å². The van der Waals surface area contributed by atoms with E-state index >= 15 is 0 Å². The zero-order valence-electron chi connectivity index (χ0n) is 11.5. The first-order valence-electron chi connectivity index (χ1n) is 6.55. The molecule has 108 valence electrons. The maximum Gasteiger partial charge on any atom is 0.315 e. The van der Waals surface area contributed by atoms with Gasteiger partial charge in [-0.2, -0.15) is 0 Å². The van der Waals surface area contributed by atoms with Crippen LogP contribution in [0.4, 0.5) is 4.79 Å². The Kier molecular flexibility index (Phi) is 4.65. The highest BCUT2D eigenvalue weighted by molar-refractivity contribution is 9.10. The Morgan fingerprint density at radius 1 is 1.50 bits per heavy atom. The molecule has 3 amide bonds. The number of amides is 3. The van der Waals surface area contributed by atoms with Crippen LogP contribution < -0.4 is 10.6 Å². The van der Waals surface area contributed by atoms with Crippen molar-refractivity contribution in [2.24, 2.45) is 0 Å². The summed E-state index contributed by atoms with van der Waals surface area (Å²) in [7, 11) is 1.74. The fourth-order valence-corrected chi connectivity index (χ4v) is 2.63. The lowest BCUT2D eigenvalue weighted by atomic mass is 10.1. The molecule has 1 aromatic rings. The first kappa shape index (κ1) is 14.8. The number of carbonyl (C=O) groups is 2. The number of likely N-dealkylation sites (N-methyl/N-ethyl adjacent to an activating group) is 1. The van der Waals surface area contributed by atoms with E-state index in [9.17, 15) is 9.59 Å². The number of nitrogens with zero attached hydrogens (tertiary/aromatic N) is 1. The summed E-state index contributed by atoms with van der Waals surface area (Å²) in [4.78, 5) is 25.3. The van der Waals surface area contributed by atoms with Crippen LogP contribution in [-0.2, 0) is 4.79 Å². The van der Waals surface area contributed by atoms with E-state index in [4.69, 9.17) is 0 Å². The van der Waals surface area contributed by atoms with Crippen molar-refractivity contribution >= 4 is 27.9 Å². The first-order valence-corrected chi connectivity index (χ1v) is 7.34. The van der Waals surface area contributed by atoms with Gasteiger partial charge in [-0.3, -0.25) is 4.79 Å². The summed E-state index contributed by atoms with van der Waals surface area (Å²) >= 11 is 3.40. The van der Waals surface area contributed by atoms with Gasteiger partial charge in [0.1, 0.15) is 6.04 Å². The molecule has 0 unspecified atom stereocenters. The number of halogens is 1. The number of nitrogens with one attached hydrogen (secondary N) is 2. The Labute approximate surface area is 126 Å². The van der Waals surface area contributed by atoms with Gasteiger partial charge < -0.3 is 15.5 Å². The number of carbonyl (C=O) groups excluding carboxylic acids is 2. The largest absolute Gasteiger partial charge is 0.344 e. The molecule has 1 saturated heterocycles. The van der Waals surface area contributed by atoms with E-state index in [1.165, 1.54) is 0 Å². The van der Waals surface area contributed by atoms with Crippen molar-refractivity contribution in [2.45, 2.75) is 25.4 Å². The molecule has 1 aromatic carbocycles. The van der Waals surface area contributed by atoms with Crippen molar-refractivity contribution in [2.75, 3.05) is 13.6 Å². The van der Waals surface area contributed by atoms with Gasteiger partial charge in [0.05, 0.1) is 6.04 Å². The van der Waals surface area contributed by atoms with Gasteiger partial charge in [-0.05, 0) is 31.0 Å². The summed E-state index contributed by atoms with van der Waals surface area (Å²) < 4.78 is 0.969. The van der Waals surface area contributed by atoms with Gasteiger partial charge in [-0.25, -0.2) is 4.79 Å². The predicted molar refractivity (Wildman–Crippen MR) is 80.3 cm³/mol. The number of hydrogen-bond donors (Lipinski definition) is 2. The molecule has 0 aromatic heterocycles. The zero-order chi connectivity index (χ0) is 14.7. The van der Waals surface area contributed by atoms with Crippen LogP contribution in [0.1, 0.15) is 24.9 Å². The topological polar surface area (TPSA) is 61.4 Å². The fourth-order valence-electron chi connectivity index (χ4n) is 2.21. The minimum absolute atomic E-state index is 0.0322. The van der Waals surface area contributed by atoms with E-state index in [-0.39, 0.29) is 18.0 Å². The molecule has 0 saturated carbocycles. The Bertz CT molecular complexity index is 521. The summed E-state index contributed by atoms with van der Waals surface area (Å²) in [5.41, 5.74) is 1.00. The molecule has 1 aliphatic rings. The van der Waals surface area contributed by atoms with Crippen LogP contribution in [0.3, 0.4) is 0 Å². The second-order valence-corrected chi connectivity index (χ2v) is 5.91. The van der Waals surface area contributed by atoms with Crippen LogP contribution >= 0.6 is 15.9 Å². The van der Waals surface area contributed by atoms with Crippen LogP contribution in [0.2, 0.25) is 0 Å². The third-order valence-corrected chi connectivity index (χ3v) is 3.92. The van der Waals surface area contributed by atoms with Crippen LogP contribution in [0, 0.1) is 0 Å². The molecule has 0 spiro atoms. The molecular formula is C14H18BrN3O2. The Morgan fingerprint density at radius 2 is 2.25 bits per heavy atom. The molecule has 1 fully saturated rings. The normalized spacial score (nSPS) is 19.9. The molecule has 1 heterocycles. The molecule has 5 nitrogen and oxygen atoms in total. The fraction of sp³-hybridized carbons (Fsp3) is 0.429. The first-order chi connectivity index (χ1) is 9.47. The molecule has 1 aliphatic heterocycles. The Morgan fingerprint density at radius 3 is 2.85 bits per heavy atom. The second kappa shape index (κ2) is 6.26. The monoisotopic (exact) mass is 339 g/mol. The van der Waals surface area contributed by atoms with E-state index in [1.54, 1.807) is 11.9 Å². The smallest absolute Gasteiger partial charge is 0.315 e. The molecule has 0 radical (unpaired) electrons. The van der Waals surface area contributed by atoms with E-state index in [0.29, 0.717) is 13.0 Å². The maximum absolute atomic E-state index is 11.9. The van der Waals surface area contributed by atoms with E-state index in [2.05, 4.69) is 26.6 Å². The maximum atomic E-state index is 11.9. The summed E-state index contributed by atoms with van der Waals surface area (Å²) in [6.45, 7) is 2.59. The lowest BCUT2D eigenvalue weighted by Crippen LogP contribution is -2.46. The van der Waals surface area contributed by atoms with Crippen LogP contribution in [0.5, 0.6) is 0 Å². The summed E-state index contributed by atoms with van der Waals surface area (Å²) in [5, 5.41) is 5.57. The second-order valence-electron chi connectivity index (χ2n) is 5.00. The molecular weight excluding hydrogens is 322 g/mol. The minimum atomic E-state index is -0.408. The molecule has 2 atom stereocenters. The van der Waals surface area contributed by atoms with Gasteiger partial charge in [-0.15, -0.1) is 0 Å². The highest BCUT2D eigenvalue weighted by Crippen LogP contribution is 2.17. The molecule has 2 rings (SSSR count). The van der Waals surface area contributed by atoms with Crippen LogP contribution in [0.25, 0.3) is 0 Å². The van der Waals surface area contributed by atoms with Crippen molar-refractivity contribution in [3.8, 4) is 0 Å². The molecule has 0 aliphatic carbocycles. The molecule has 6 heteroatoms. The summed E-state index contributed by atoms with van der Waals surface area (Å²) in [6, 6.07) is 6.92. The summed E-state index contributed by atoms with van der Waals surface area (Å²) in [5.74, 6) is -0.0322. The number of urea groups is 1. The van der Waals surface area contributed by atoms with Crippen molar-refractivity contribution in [3.05, 3.63) is 34.3 Å². The van der Waals surface area contributed by atoms with Gasteiger partial charge in [0.2, 0.25) is 5.91 Å². The SMILES string of the molecule is C[C@@H](NC(=O)N[C@H]1CCN(C)C1=O)c1cccc(Br)c1. The zero-order valence-corrected chi connectivity index (χ0v) is 13.1. The molecule has 20 heavy (non-hydrogen) atoms. The third-order valence-electron chi connectivity index (χ3n) is 3.43. The number of hydrogen-bond acceptors (Lipinski definition) is 2. The van der Waals surface area contributed by atoms with Gasteiger partial charge in [0.15, 0.2) is 0 Å². The van der Waals surface area contributed by atoms with Gasteiger partial charge in [0.25, 0.3) is 0 Å². The van der Waals surface area contributed by atoms with Crippen LogP contribution in [-0.4, -0.2) is 36.5 Å². The van der Waals surface area contributed by atoms with Crippen molar-refractivity contribution in [1.29, 1.82) is 0 Å². The highest BCUT2D eigenvalue weighted by atomic mass is 79.9. The highest BCUT2D eigenvalue weighted by Gasteiger charge is 2.30. The standard InChI is InChI=1S/C14H18BrN3O2/c1-9(10-4-3-5-11(15)8-10)16-14(20)17-12-6-7-18(2)13(12)19/h3-5,8-9,12H,6-7H2,1-2H3,(H2,16,17,20)/t9-,12+/m1/s1. The average Bonchev–Trinajstić information content (AvgIpc) is 2.70. The Balaban J connectivity index is 1.90. The quantitative estimate of drug-likeness (QED) is 0.885. The lowest BCUT2D eigenvalue weighted by molar-refractivity contribution is -0.128. The average molecular weight is 340 g/mol. The van der Waals surface area contributed by atoms with Crippen molar-refractivity contribution < 1.29 is 9.59 Å². The third kappa shape index (κ3) is 3.50. The molecule has 2 N–H and O–H groups in total. The van der Waals surface area contributed by atoms with E-state index in [1.807, 2.05) is 31.2 Å². The van der Waals surface area contributed by atoms with Crippen LogP contribution in [0.15, 0.2) is 28.7 Å². The lowest BCUT2D eigenvalue weighted by Gasteiger charge is -2.17. The number of likely N-dealkylation sites (tertiary alicyclic amines) is 1. The summed E-state index contributed by atoms with van der Waals surface area (Å²) in [6.07, 6.45) is 0.661.